The summed E-state index contributed by atoms with van der Waals surface area (Å²) < 4.78 is 0. The van der Waals surface area contributed by atoms with Gasteiger partial charge in [-0.15, -0.1) is 15.0 Å². The molecule has 0 aliphatic carbocycles. The molecule has 1 aromatic heterocycles. The van der Waals surface area contributed by atoms with Crippen LogP contribution in [0.15, 0.2) is 24.3 Å². The summed E-state index contributed by atoms with van der Waals surface area (Å²) in [6.45, 7) is 0. The zero-order valence-electron chi connectivity index (χ0n) is 9.36. The molecule has 0 fully saturated rings. The zero-order valence-corrected chi connectivity index (χ0v) is 9.36. The van der Waals surface area contributed by atoms with Crippen molar-refractivity contribution in [3.8, 4) is 11.8 Å². The number of nitrogens with one attached hydrogen (secondary N) is 1. The molecule has 90 valence electrons. The number of hydrogen-bond acceptors (Lipinski definition) is 6. The van der Waals surface area contributed by atoms with Crippen LogP contribution in [0, 0.1) is 21.4 Å². The topological polar surface area (TPSA) is 110 Å². The molecule has 0 spiro atoms. The SMILES string of the molecule is CNc1nn(-c2ccccc2[N+](=O)[O-])nc1C#N. The molecule has 0 aliphatic heterocycles. The van der Waals surface area contributed by atoms with Gasteiger partial charge >= 0.3 is 0 Å². The van der Waals surface area contributed by atoms with Crippen molar-refractivity contribution in [2.24, 2.45) is 0 Å². The van der Waals surface area contributed by atoms with Gasteiger partial charge in [0.2, 0.25) is 5.69 Å². The summed E-state index contributed by atoms with van der Waals surface area (Å²) in [6, 6.07) is 7.91. The van der Waals surface area contributed by atoms with Crippen LogP contribution < -0.4 is 5.32 Å². The Morgan fingerprint density at radius 2 is 2.17 bits per heavy atom. The second-order valence-corrected chi connectivity index (χ2v) is 3.29. The van der Waals surface area contributed by atoms with Crippen molar-refractivity contribution in [2.75, 3.05) is 12.4 Å². The first-order valence-electron chi connectivity index (χ1n) is 4.96. The Bertz CT molecular complexity index is 642. The summed E-state index contributed by atoms with van der Waals surface area (Å²) in [5.41, 5.74) is 0.163. The molecule has 0 atom stereocenters. The Kier molecular flexibility index (Phi) is 2.89. The highest BCUT2D eigenvalue weighted by atomic mass is 16.6. The molecule has 0 radical (unpaired) electrons. The lowest BCUT2D eigenvalue weighted by molar-refractivity contribution is -0.384. The van der Waals surface area contributed by atoms with Gasteiger partial charge in [0.15, 0.2) is 11.5 Å². The van der Waals surface area contributed by atoms with Gasteiger partial charge in [-0.3, -0.25) is 10.1 Å². The molecule has 0 saturated heterocycles. The summed E-state index contributed by atoms with van der Waals surface area (Å²) in [5.74, 6) is 0.274. The molecule has 0 aliphatic rings. The average Bonchev–Trinajstić information content (AvgIpc) is 2.81. The van der Waals surface area contributed by atoms with E-state index in [1.165, 1.54) is 12.1 Å². The predicted molar refractivity (Wildman–Crippen MR) is 62.3 cm³/mol. The summed E-state index contributed by atoms with van der Waals surface area (Å²) in [5, 5.41) is 30.3. The van der Waals surface area contributed by atoms with Crippen LogP contribution in [0.2, 0.25) is 0 Å². The first-order valence-corrected chi connectivity index (χ1v) is 4.96. The smallest absolute Gasteiger partial charge is 0.296 e. The van der Waals surface area contributed by atoms with Crippen LogP contribution in [0.25, 0.3) is 5.69 Å². The van der Waals surface area contributed by atoms with Gasteiger partial charge in [-0.25, -0.2) is 0 Å². The van der Waals surface area contributed by atoms with E-state index in [4.69, 9.17) is 5.26 Å². The van der Waals surface area contributed by atoms with Gasteiger partial charge in [0, 0.05) is 13.1 Å². The molecule has 0 unspecified atom stereocenters. The summed E-state index contributed by atoms with van der Waals surface area (Å²) in [7, 11) is 1.59. The second-order valence-electron chi connectivity index (χ2n) is 3.29. The standard InChI is InChI=1S/C10H8N6O2/c1-12-10-7(6-11)13-15(14-10)8-4-2-3-5-9(8)16(17)18/h2-5H,1H3,(H,12,14). The predicted octanol–water partition coefficient (Wildman–Crippen LogP) is 1.09. The van der Waals surface area contributed by atoms with E-state index in [9.17, 15) is 10.1 Å². The number of nitriles is 1. The summed E-state index contributed by atoms with van der Waals surface area (Å²) in [6.07, 6.45) is 0. The first-order chi connectivity index (χ1) is 8.67. The zero-order chi connectivity index (χ0) is 13.1. The molecule has 8 heteroatoms. The van der Waals surface area contributed by atoms with Crippen molar-refractivity contribution in [2.45, 2.75) is 0 Å². The normalized spacial score (nSPS) is 9.78. The lowest BCUT2D eigenvalue weighted by Crippen LogP contribution is -2.03. The number of aromatic nitrogens is 3. The first kappa shape index (κ1) is 11.5. The molecule has 0 bridgehead atoms. The molecule has 8 nitrogen and oxygen atoms in total. The van der Waals surface area contributed by atoms with Crippen LogP contribution in [-0.4, -0.2) is 27.0 Å². The minimum Gasteiger partial charge on any atom is -0.369 e. The highest BCUT2D eigenvalue weighted by molar-refractivity contribution is 5.53. The number of hydrogen-bond donors (Lipinski definition) is 1. The van der Waals surface area contributed by atoms with Crippen LogP contribution in [-0.2, 0) is 0 Å². The summed E-state index contributed by atoms with van der Waals surface area (Å²) >= 11 is 0. The van der Waals surface area contributed by atoms with Crippen molar-refractivity contribution in [1.29, 1.82) is 5.26 Å². The molecule has 1 aromatic carbocycles. The fourth-order valence-corrected chi connectivity index (χ4v) is 1.45. The van der Waals surface area contributed by atoms with Gasteiger partial charge in [-0.1, -0.05) is 12.1 Å². The average molecular weight is 244 g/mol. The highest BCUT2D eigenvalue weighted by Gasteiger charge is 2.18. The largest absolute Gasteiger partial charge is 0.369 e. The second kappa shape index (κ2) is 4.50. The van der Waals surface area contributed by atoms with E-state index in [1.54, 1.807) is 19.2 Å². The van der Waals surface area contributed by atoms with Crippen LogP contribution >= 0.6 is 0 Å². The highest BCUT2D eigenvalue weighted by Crippen LogP contribution is 2.22. The van der Waals surface area contributed by atoms with E-state index in [2.05, 4.69) is 15.5 Å². The van der Waals surface area contributed by atoms with E-state index in [0.717, 1.165) is 4.80 Å². The van der Waals surface area contributed by atoms with Gasteiger partial charge in [-0.05, 0) is 6.07 Å². The van der Waals surface area contributed by atoms with E-state index in [0.29, 0.717) is 0 Å². The number of para-hydroxylation sites is 2. The van der Waals surface area contributed by atoms with Crippen LogP contribution in [0.4, 0.5) is 11.5 Å². The number of nitro groups is 1. The fourth-order valence-electron chi connectivity index (χ4n) is 1.45. The van der Waals surface area contributed by atoms with Crippen molar-refractivity contribution >= 4 is 11.5 Å². The third-order valence-corrected chi connectivity index (χ3v) is 2.25. The third kappa shape index (κ3) is 1.84. The van der Waals surface area contributed by atoms with Gasteiger partial charge < -0.3 is 5.32 Å². The van der Waals surface area contributed by atoms with Crippen molar-refractivity contribution in [3.05, 3.63) is 40.1 Å². The number of benzene rings is 1. The molecule has 1 heterocycles. The molecule has 0 saturated carbocycles. The van der Waals surface area contributed by atoms with Crippen molar-refractivity contribution in [3.63, 3.8) is 0 Å². The quantitative estimate of drug-likeness (QED) is 0.639. The molecular weight excluding hydrogens is 236 g/mol. The Hall–Kier alpha value is -2.95. The van der Waals surface area contributed by atoms with Gasteiger partial charge in [-0.2, -0.15) is 5.26 Å². The number of nitro benzene ring substituents is 1. The molecule has 18 heavy (non-hydrogen) atoms. The van der Waals surface area contributed by atoms with Crippen LogP contribution in [0.1, 0.15) is 5.69 Å². The number of anilines is 1. The Morgan fingerprint density at radius 3 is 2.72 bits per heavy atom. The maximum absolute atomic E-state index is 10.9. The van der Waals surface area contributed by atoms with Gasteiger partial charge in [0.05, 0.1) is 4.92 Å². The van der Waals surface area contributed by atoms with Gasteiger partial charge in [0.1, 0.15) is 6.07 Å². The Morgan fingerprint density at radius 1 is 1.44 bits per heavy atom. The monoisotopic (exact) mass is 244 g/mol. The minimum atomic E-state index is -0.524. The van der Waals surface area contributed by atoms with Crippen LogP contribution in [0.5, 0.6) is 0 Å². The van der Waals surface area contributed by atoms with Crippen LogP contribution in [0.3, 0.4) is 0 Å². The molecule has 2 aromatic rings. The van der Waals surface area contributed by atoms with E-state index in [-0.39, 0.29) is 22.9 Å². The van der Waals surface area contributed by atoms with E-state index < -0.39 is 4.92 Å². The van der Waals surface area contributed by atoms with E-state index >= 15 is 0 Å². The fraction of sp³-hybridized carbons (Fsp3) is 0.100. The number of rotatable bonds is 3. The molecule has 1 N–H and O–H groups in total. The lowest BCUT2D eigenvalue weighted by Gasteiger charge is -1.99. The van der Waals surface area contributed by atoms with Gasteiger partial charge in [0.25, 0.3) is 5.69 Å². The molecule has 0 amide bonds. The van der Waals surface area contributed by atoms with Crippen molar-refractivity contribution in [1.82, 2.24) is 15.0 Å². The summed E-state index contributed by atoms with van der Waals surface area (Å²) in [4.78, 5) is 11.4. The van der Waals surface area contributed by atoms with E-state index in [1.807, 2.05) is 6.07 Å². The molecule has 2 rings (SSSR count). The minimum absolute atomic E-state index is 0.0793. The van der Waals surface area contributed by atoms with Crippen molar-refractivity contribution < 1.29 is 4.92 Å². The maximum atomic E-state index is 10.9. The number of nitrogens with zero attached hydrogens (tertiary/aromatic N) is 5. The Balaban J connectivity index is 2.59. The lowest BCUT2D eigenvalue weighted by atomic mass is 10.3. The molecular formula is C10H8N6O2. The third-order valence-electron chi connectivity index (χ3n) is 2.25. The maximum Gasteiger partial charge on any atom is 0.296 e. The Labute approximate surface area is 102 Å².